The van der Waals surface area contributed by atoms with Crippen LogP contribution in [0.3, 0.4) is 0 Å². The molecule has 0 saturated heterocycles. The number of hydrogen-bond donors (Lipinski definition) is 2. The van der Waals surface area contributed by atoms with Crippen molar-refractivity contribution in [2.45, 2.75) is 27.2 Å². The van der Waals surface area contributed by atoms with Crippen LogP contribution >= 0.6 is 7.82 Å². The molecule has 21 heavy (non-hydrogen) atoms. The lowest BCUT2D eigenvalue weighted by molar-refractivity contribution is 0.282. The molecule has 0 aliphatic carbocycles. The summed E-state index contributed by atoms with van der Waals surface area (Å²) in [6.45, 7) is 6.14. The van der Waals surface area contributed by atoms with Gasteiger partial charge in [-0.05, 0) is 49.1 Å². The molecular weight excluding hydrogens is 287 g/mol. The van der Waals surface area contributed by atoms with Crippen molar-refractivity contribution < 1.29 is 18.9 Å². The molecule has 112 valence electrons. The Bertz CT molecular complexity index is 680. The maximum Gasteiger partial charge on any atom is 0.524 e. The molecule has 0 fully saturated rings. The van der Waals surface area contributed by atoms with Crippen LogP contribution in [0.15, 0.2) is 36.4 Å². The summed E-state index contributed by atoms with van der Waals surface area (Å²) in [5.74, 6) is 0.227. The van der Waals surface area contributed by atoms with E-state index in [9.17, 15) is 4.57 Å². The van der Waals surface area contributed by atoms with Crippen molar-refractivity contribution in [1.29, 1.82) is 0 Å². The number of para-hydroxylation sites is 1. The second kappa shape index (κ2) is 6.02. The van der Waals surface area contributed by atoms with E-state index < -0.39 is 7.82 Å². The Morgan fingerprint density at radius 1 is 1.05 bits per heavy atom. The minimum absolute atomic E-state index is 0.227. The van der Waals surface area contributed by atoms with Crippen LogP contribution in [0.5, 0.6) is 5.75 Å². The zero-order valence-corrected chi connectivity index (χ0v) is 13.2. The van der Waals surface area contributed by atoms with Crippen LogP contribution < -0.4 is 4.52 Å². The summed E-state index contributed by atoms with van der Waals surface area (Å²) in [7, 11) is -4.55. The van der Waals surface area contributed by atoms with Gasteiger partial charge in [-0.1, -0.05) is 35.9 Å². The molecule has 2 aromatic rings. The van der Waals surface area contributed by atoms with Crippen molar-refractivity contribution >= 4 is 7.82 Å². The molecule has 0 spiro atoms. The normalized spacial score (nSPS) is 11.5. The number of benzene rings is 2. The summed E-state index contributed by atoms with van der Waals surface area (Å²) in [4.78, 5) is 18.0. The smallest absolute Gasteiger partial charge is 0.404 e. The van der Waals surface area contributed by atoms with Crippen molar-refractivity contribution in [2.75, 3.05) is 0 Å². The van der Waals surface area contributed by atoms with E-state index in [0.29, 0.717) is 6.42 Å². The van der Waals surface area contributed by atoms with Gasteiger partial charge in [-0.2, -0.15) is 0 Å². The van der Waals surface area contributed by atoms with Crippen molar-refractivity contribution in [3.05, 3.63) is 64.2 Å². The zero-order valence-electron chi connectivity index (χ0n) is 12.3. The molecule has 2 rings (SSSR count). The molecule has 0 aromatic heterocycles. The highest BCUT2D eigenvalue weighted by molar-refractivity contribution is 7.46. The fourth-order valence-corrected chi connectivity index (χ4v) is 2.98. The van der Waals surface area contributed by atoms with E-state index in [2.05, 4.69) is 19.1 Å². The quantitative estimate of drug-likeness (QED) is 0.846. The van der Waals surface area contributed by atoms with Crippen LogP contribution in [0.25, 0.3) is 0 Å². The van der Waals surface area contributed by atoms with E-state index in [-0.39, 0.29) is 5.75 Å². The fourth-order valence-electron chi connectivity index (χ4n) is 2.55. The van der Waals surface area contributed by atoms with Gasteiger partial charge >= 0.3 is 7.82 Å². The first-order valence-corrected chi connectivity index (χ1v) is 8.19. The van der Waals surface area contributed by atoms with Gasteiger partial charge in [0.1, 0.15) is 5.75 Å². The van der Waals surface area contributed by atoms with Gasteiger partial charge in [-0.15, -0.1) is 0 Å². The Hall–Kier alpha value is -1.61. The lowest BCUT2D eigenvalue weighted by Crippen LogP contribution is -2.00. The van der Waals surface area contributed by atoms with Gasteiger partial charge < -0.3 is 4.52 Å². The number of rotatable bonds is 4. The van der Waals surface area contributed by atoms with E-state index >= 15 is 0 Å². The summed E-state index contributed by atoms with van der Waals surface area (Å²) in [5.41, 5.74) is 5.45. The predicted molar refractivity (Wildman–Crippen MR) is 82.6 cm³/mol. The molecule has 4 nitrogen and oxygen atoms in total. The third kappa shape index (κ3) is 4.18. The topological polar surface area (TPSA) is 66.8 Å². The summed E-state index contributed by atoms with van der Waals surface area (Å²) in [6.07, 6.45) is 0.578. The highest BCUT2D eigenvalue weighted by atomic mass is 31.2. The van der Waals surface area contributed by atoms with Crippen LogP contribution in [0, 0.1) is 20.8 Å². The molecule has 0 saturated carbocycles. The maximum absolute atomic E-state index is 11.1. The van der Waals surface area contributed by atoms with Crippen molar-refractivity contribution in [3.63, 3.8) is 0 Å². The molecule has 0 aliphatic heterocycles. The van der Waals surface area contributed by atoms with E-state index in [1.54, 1.807) is 12.1 Å². The Labute approximate surface area is 124 Å². The standard InChI is InChI=1S/C16H19O4P/c1-11-8-12(2)15(13(3)9-11)10-14-6-4-5-7-16(14)20-21(17,18)19/h4-9H,10H2,1-3H3,(H2,17,18,19). The number of aryl methyl sites for hydroxylation is 3. The van der Waals surface area contributed by atoms with Crippen molar-refractivity contribution in [1.82, 2.24) is 0 Å². The highest BCUT2D eigenvalue weighted by Crippen LogP contribution is 2.39. The van der Waals surface area contributed by atoms with Gasteiger partial charge in [-0.3, -0.25) is 9.79 Å². The maximum atomic E-state index is 11.1. The van der Waals surface area contributed by atoms with Crippen molar-refractivity contribution in [3.8, 4) is 5.75 Å². The Kier molecular flexibility index (Phi) is 4.52. The minimum Gasteiger partial charge on any atom is -0.404 e. The molecule has 0 radical (unpaired) electrons. The second-order valence-corrected chi connectivity index (χ2v) is 6.41. The average molecular weight is 306 g/mol. The molecule has 0 atom stereocenters. The summed E-state index contributed by atoms with van der Waals surface area (Å²) in [6, 6.07) is 11.1. The third-order valence-electron chi connectivity index (χ3n) is 3.40. The van der Waals surface area contributed by atoms with Crippen LogP contribution in [0.2, 0.25) is 0 Å². The molecule has 0 aliphatic rings. The first-order chi connectivity index (χ1) is 9.76. The first kappa shape index (κ1) is 15.8. The molecule has 0 unspecified atom stereocenters. The number of hydrogen-bond acceptors (Lipinski definition) is 2. The van der Waals surface area contributed by atoms with Gasteiger partial charge in [0.2, 0.25) is 0 Å². The number of phosphoric ester groups is 1. The SMILES string of the molecule is Cc1cc(C)c(Cc2ccccc2OP(=O)(O)O)c(C)c1. The average Bonchev–Trinajstić information content (AvgIpc) is 2.33. The van der Waals surface area contributed by atoms with Crippen LogP contribution in [0.1, 0.15) is 27.8 Å². The minimum atomic E-state index is -4.55. The molecule has 2 aromatic carbocycles. The van der Waals surface area contributed by atoms with Crippen LogP contribution in [-0.2, 0) is 11.0 Å². The van der Waals surface area contributed by atoms with E-state index in [1.165, 1.54) is 16.7 Å². The molecule has 5 heteroatoms. The Balaban J connectivity index is 2.39. The summed E-state index contributed by atoms with van der Waals surface area (Å²) < 4.78 is 15.8. The lowest BCUT2D eigenvalue weighted by Gasteiger charge is -2.15. The highest BCUT2D eigenvalue weighted by Gasteiger charge is 2.18. The molecular formula is C16H19O4P. The van der Waals surface area contributed by atoms with Crippen LogP contribution in [-0.4, -0.2) is 9.79 Å². The monoisotopic (exact) mass is 306 g/mol. The number of phosphoric acid groups is 1. The predicted octanol–water partition coefficient (Wildman–Crippen LogP) is 3.67. The fraction of sp³-hybridized carbons (Fsp3) is 0.250. The molecule has 2 N–H and O–H groups in total. The van der Waals surface area contributed by atoms with Gasteiger partial charge in [0.05, 0.1) is 0 Å². The largest absolute Gasteiger partial charge is 0.524 e. The second-order valence-electron chi connectivity index (χ2n) is 5.24. The van der Waals surface area contributed by atoms with E-state index in [0.717, 1.165) is 11.1 Å². The van der Waals surface area contributed by atoms with E-state index in [1.807, 2.05) is 26.0 Å². The van der Waals surface area contributed by atoms with E-state index in [4.69, 9.17) is 14.3 Å². The molecule has 0 amide bonds. The third-order valence-corrected chi connectivity index (χ3v) is 3.83. The summed E-state index contributed by atoms with van der Waals surface area (Å²) in [5, 5.41) is 0. The molecule has 0 bridgehead atoms. The van der Waals surface area contributed by atoms with Gasteiger partial charge in [-0.25, -0.2) is 4.57 Å². The van der Waals surface area contributed by atoms with Gasteiger partial charge in [0, 0.05) is 6.42 Å². The van der Waals surface area contributed by atoms with Gasteiger partial charge in [0.15, 0.2) is 0 Å². The first-order valence-electron chi connectivity index (χ1n) is 6.66. The molecule has 0 heterocycles. The Morgan fingerprint density at radius 3 is 2.19 bits per heavy atom. The summed E-state index contributed by atoms with van der Waals surface area (Å²) >= 11 is 0. The van der Waals surface area contributed by atoms with Crippen LogP contribution in [0.4, 0.5) is 0 Å². The lowest BCUT2D eigenvalue weighted by atomic mass is 9.94. The van der Waals surface area contributed by atoms with Gasteiger partial charge in [0.25, 0.3) is 0 Å². The van der Waals surface area contributed by atoms with Crippen molar-refractivity contribution in [2.24, 2.45) is 0 Å². The Morgan fingerprint density at radius 2 is 1.62 bits per heavy atom. The zero-order chi connectivity index (χ0) is 15.6.